The summed E-state index contributed by atoms with van der Waals surface area (Å²) >= 11 is 50.0. The minimum atomic E-state index is -3.46. The summed E-state index contributed by atoms with van der Waals surface area (Å²) < 4.78 is 115. The molecule has 0 atom stereocenters. The number of aromatic nitrogens is 5. The van der Waals surface area contributed by atoms with Crippen LogP contribution in [0.1, 0.15) is 105 Å². The number of hydrogen-bond acceptors (Lipinski definition) is 31. The molecule has 750 valence electrons. The van der Waals surface area contributed by atoms with Crippen LogP contribution in [0.4, 0.5) is 22.7 Å². The molecule has 11 N–H and O–H groups in total. The Balaban J connectivity index is 0.000000308. The standard InChI is InChI=1S/C24H22Cl2N2O6S.C22H19Cl2N3O6S.C20H22BCl2NO5S.C10H12BrNO3.C5H5BrN2.C5H4BrNO.C5H9BrO2.H3NO/c1-3-33-23(29)10-11-34-16-5-9-22(27-14-16)19-12-15(4-8-20(19)25)28-24(30)18-7-6-17(13-21(18)26)35(2,31)32;1-34(31,32)15-4-5-16(19(24)11-15)22(29)26-13-2-6-18(23)17(10-13)20-7-3-14(12-25-20)33-9-8-21(28)27-30;1-19(2)20(3,4)29-21(28-19)15-10-12(6-9-16(15)22)24-18(25)14-8-7-13(11-17(14)23)30(5,26)27;1-2-14-10(13)5-6-15-8-3-4-9(11)12-7-8;6-5-2-1-4(7)3-8-5;6-5-2-1-4(8)3-7-5;1-2-8-5(7)3-4-6;1-2/h4-9,12-14H,3,10-11H2,1-2H3,(H,28,30);2-7,10-12,30H,8-9H2,1H3,(H,26,29)(H,27,28);6-11H,1-5H3,(H,24,25);3-4,7H,2,5-6H2,1H3;1-3H,7H2;1-3,8H;2-4H2,1H3;2H,1H2. The molecular formula is C91H96BBr4Cl6N11O24S3. The number of aromatic hydroxyl groups is 1. The quantitative estimate of drug-likeness (QED) is 0.00400. The monoisotopic (exact) mass is 2360 g/mol. The summed E-state index contributed by atoms with van der Waals surface area (Å²) in [7, 11) is -11.0. The molecule has 1 aliphatic heterocycles. The van der Waals surface area contributed by atoms with E-state index in [2.05, 4.69) is 115 Å². The molecule has 35 nitrogen and oxygen atoms in total. The fraction of sp³-hybridized carbons (Fsp3) is 0.253. The Morgan fingerprint density at radius 3 is 1.06 bits per heavy atom. The van der Waals surface area contributed by atoms with Crippen LogP contribution in [0.2, 0.25) is 30.1 Å². The summed E-state index contributed by atoms with van der Waals surface area (Å²) in [5.74, 6) is 2.42. The van der Waals surface area contributed by atoms with E-state index in [1.165, 1.54) is 78.7 Å². The van der Waals surface area contributed by atoms with Gasteiger partial charge in [0.2, 0.25) is 5.91 Å². The Hall–Kier alpha value is -10.3. The van der Waals surface area contributed by atoms with Gasteiger partial charge in [-0.2, -0.15) is 0 Å². The van der Waals surface area contributed by atoms with Crippen LogP contribution >= 0.6 is 133 Å². The molecule has 0 spiro atoms. The first-order valence-electron chi connectivity index (χ1n) is 41.0. The Morgan fingerprint density at radius 2 is 0.757 bits per heavy atom. The SMILES string of the molecule is CC1(C)OB(c2cc(NC(=O)c3ccc(S(C)(=O)=O)cc3Cl)ccc2Cl)OC1(C)C.CCOC(=O)CCBr.CCOC(=O)CCOc1ccc(-c2cc(NC(=O)c3ccc(S(C)(=O)=O)cc3Cl)ccc2Cl)nc1.CCOC(=O)CCOc1ccc(Br)nc1.CS(=O)(=O)c1ccc(C(=O)Nc2ccc(Cl)c(-c3ccc(OCCC(=O)NO)cn3)c2)c(Cl)c1.NO.Nc1ccc(Br)nc1.Oc1ccc(Br)nc1. The zero-order valence-corrected chi connectivity index (χ0v) is 89.5. The van der Waals surface area contributed by atoms with Crippen molar-refractivity contribution in [2.45, 2.75) is 100 Å². The average Bonchev–Trinajstić information content (AvgIpc) is 1.61. The number of nitrogens with one attached hydrogen (secondary N) is 4. The van der Waals surface area contributed by atoms with Gasteiger partial charge in [0.1, 0.15) is 36.8 Å². The first-order valence-corrected chi connectivity index (χ1v) is 52.4. The lowest BCUT2D eigenvalue weighted by Crippen LogP contribution is -2.41. The molecule has 0 unspecified atom stereocenters. The van der Waals surface area contributed by atoms with Gasteiger partial charge in [0.15, 0.2) is 29.5 Å². The predicted molar refractivity (Wildman–Crippen MR) is 551 cm³/mol. The number of pyridine rings is 5. The lowest BCUT2D eigenvalue weighted by atomic mass is 9.79. The van der Waals surface area contributed by atoms with Gasteiger partial charge in [-0.05, 0) is 266 Å². The van der Waals surface area contributed by atoms with E-state index in [1.54, 1.807) is 148 Å². The lowest BCUT2D eigenvalue weighted by molar-refractivity contribution is -0.144. The number of hydroxylamine groups is 1. The van der Waals surface area contributed by atoms with E-state index in [0.29, 0.717) is 121 Å². The van der Waals surface area contributed by atoms with E-state index in [0.717, 1.165) is 32.6 Å². The van der Waals surface area contributed by atoms with Gasteiger partial charge in [-0.1, -0.05) is 85.5 Å². The van der Waals surface area contributed by atoms with Gasteiger partial charge >= 0.3 is 25.0 Å². The van der Waals surface area contributed by atoms with Crippen LogP contribution < -0.4 is 52.7 Å². The molecule has 0 aliphatic carbocycles. The highest BCUT2D eigenvalue weighted by Gasteiger charge is 2.52. The van der Waals surface area contributed by atoms with Crippen LogP contribution in [0.3, 0.4) is 0 Å². The Bertz CT molecular complexity index is 6290. The summed E-state index contributed by atoms with van der Waals surface area (Å²) in [5, 5.41) is 33.8. The summed E-state index contributed by atoms with van der Waals surface area (Å²) in [6, 6.07) is 43.5. The molecule has 0 radical (unpaired) electrons. The number of rotatable bonds is 29. The van der Waals surface area contributed by atoms with Crippen molar-refractivity contribution in [2.24, 2.45) is 5.90 Å². The summed E-state index contributed by atoms with van der Waals surface area (Å²) in [6.45, 7) is 14.8. The third kappa shape index (κ3) is 41.4. The molecule has 6 heterocycles. The third-order valence-electron chi connectivity index (χ3n) is 18.3. The number of benzene rings is 6. The van der Waals surface area contributed by atoms with E-state index in [-0.39, 0.29) is 103 Å². The minimum Gasteiger partial charge on any atom is -0.506 e. The summed E-state index contributed by atoms with van der Waals surface area (Å²) in [6.07, 6.45) is 11.5. The first-order chi connectivity index (χ1) is 66.0. The number of carbonyl (C=O) groups is 7. The third-order valence-corrected chi connectivity index (χ3v) is 25.4. The highest BCUT2D eigenvalue weighted by atomic mass is 79.9. The molecule has 140 heavy (non-hydrogen) atoms. The van der Waals surface area contributed by atoms with Crippen LogP contribution in [0.25, 0.3) is 22.5 Å². The first kappa shape index (κ1) is 120. The topological polar surface area (TPSA) is 521 Å². The molecule has 1 aliphatic rings. The number of amides is 4. The van der Waals surface area contributed by atoms with Crippen molar-refractivity contribution in [1.29, 1.82) is 0 Å². The zero-order chi connectivity index (χ0) is 104. The molecule has 4 amide bonds. The molecule has 5 aromatic heterocycles. The van der Waals surface area contributed by atoms with Crippen LogP contribution in [0.15, 0.2) is 229 Å². The number of nitrogen functional groups attached to an aromatic ring is 1. The van der Waals surface area contributed by atoms with Crippen molar-refractivity contribution in [1.82, 2.24) is 30.4 Å². The second-order valence-corrected chi connectivity index (χ2v) is 41.1. The van der Waals surface area contributed by atoms with Crippen LogP contribution in [0, 0.1) is 0 Å². The molecule has 0 saturated carbocycles. The molecule has 6 aromatic carbocycles. The number of sulfone groups is 3. The van der Waals surface area contributed by atoms with Gasteiger partial charge in [0.05, 0.1) is 181 Å². The van der Waals surface area contributed by atoms with Gasteiger partial charge in [-0.15, -0.1) is 0 Å². The Morgan fingerprint density at radius 1 is 0.421 bits per heavy atom. The zero-order valence-electron chi connectivity index (χ0n) is 76.2. The number of halogens is 10. The van der Waals surface area contributed by atoms with Crippen LogP contribution in [-0.4, -0.2) is 189 Å². The maximum Gasteiger partial charge on any atom is 0.496 e. The van der Waals surface area contributed by atoms with Crippen molar-refractivity contribution >= 4 is 240 Å². The normalized spacial score (nSPS) is 11.9. The molecule has 1 saturated heterocycles. The van der Waals surface area contributed by atoms with Gasteiger partial charge in [0, 0.05) is 62.8 Å². The molecule has 1 fully saturated rings. The average molecular weight is 2370 g/mol. The Kier molecular flexibility index (Phi) is 50.6. The maximum absolute atomic E-state index is 12.7. The van der Waals surface area contributed by atoms with Crippen LogP contribution in [0.5, 0.6) is 23.0 Å². The number of hydrogen-bond donors (Lipinski definition) is 9. The fourth-order valence-electron chi connectivity index (χ4n) is 10.7. The molecule has 49 heteroatoms. The Labute approximate surface area is 872 Å². The van der Waals surface area contributed by atoms with Gasteiger partial charge in [-0.25, -0.2) is 51.6 Å². The van der Waals surface area contributed by atoms with Gasteiger partial charge in [-0.3, -0.25) is 48.7 Å². The number of anilines is 4. The fourth-order valence-corrected chi connectivity index (χ4v) is 15.3. The predicted octanol–water partition coefficient (Wildman–Crippen LogP) is 18.8. The van der Waals surface area contributed by atoms with Crippen molar-refractivity contribution < 1.29 is 112 Å². The largest absolute Gasteiger partial charge is 0.506 e. The number of ether oxygens (including phenoxy) is 6. The van der Waals surface area contributed by atoms with Crippen molar-refractivity contribution in [2.75, 3.05) is 85.4 Å². The van der Waals surface area contributed by atoms with E-state index in [4.69, 9.17) is 124 Å². The molecule has 0 bridgehead atoms. The minimum absolute atomic E-state index is 0.00309. The highest BCUT2D eigenvalue weighted by molar-refractivity contribution is 9.11. The van der Waals surface area contributed by atoms with Crippen LogP contribution in [-0.2, 0) is 72.2 Å². The number of alkyl halides is 1. The molecular weight excluding hydrogens is 2270 g/mol. The van der Waals surface area contributed by atoms with E-state index in [9.17, 15) is 58.8 Å². The van der Waals surface area contributed by atoms with Crippen molar-refractivity contribution in [3.8, 4) is 45.5 Å². The van der Waals surface area contributed by atoms with Gasteiger partial charge < -0.3 is 69.7 Å². The van der Waals surface area contributed by atoms with Crippen molar-refractivity contribution in [3.05, 3.63) is 261 Å². The number of esters is 3. The molecule has 12 rings (SSSR count). The number of nitrogens with two attached hydrogens (primary N) is 2. The highest BCUT2D eigenvalue weighted by Crippen LogP contribution is 2.39. The number of carbonyl (C=O) groups excluding carboxylic acids is 7. The molecule has 11 aromatic rings. The second kappa shape index (κ2) is 59.0. The maximum atomic E-state index is 12.7. The van der Waals surface area contributed by atoms with Crippen molar-refractivity contribution in [3.63, 3.8) is 0 Å². The van der Waals surface area contributed by atoms with Gasteiger partial charge in [0.25, 0.3) is 17.7 Å². The van der Waals surface area contributed by atoms with E-state index >= 15 is 0 Å². The number of nitrogens with zero attached hydrogens (tertiary/aromatic N) is 5. The smallest absolute Gasteiger partial charge is 0.496 e. The van der Waals surface area contributed by atoms with E-state index in [1.807, 2.05) is 27.7 Å². The summed E-state index contributed by atoms with van der Waals surface area (Å²) in [4.78, 5) is 102. The van der Waals surface area contributed by atoms with E-state index < -0.39 is 71.5 Å². The summed E-state index contributed by atoms with van der Waals surface area (Å²) in [5.41, 5.74) is 11.0. The lowest BCUT2D eigenvalue weighted by Gasteiger charge is -2.32. The second-order valence-electron chi connectivity index (χ2n) is 29.3.